The fraction of sp³-hybridized carbons (Fsp3) is 0.100. The highest BCUT2D eigenvalue weighted by atomic mass is 35.5. The highest BCUT2D eigenvalue weighted by Crippen LogP contribution is 2.24. The minimum absolute atomic E-state index is 0.0375. The molecular formula is C20H17ClN2O. The molecule has 4 heteroatoms. The van der Waals surface area contributed by atoms with Crippen LogP contribution in [0.2, 0.25) is 5.02 Å². The molecule has 0 aliphatic rings. The molecule has 0 radical (unpaired) electrons. The number of carbonyl (C=O) groups excluding carboxylic acids is 1. The number of nitrogens with zero attached hydrogens (tertiary/aromatic N) is 1. The maximum atomic E-state index is 12.1. The number of hydrogen-bond acceptors (Lipinski definition) is 2. The first-order valence-electron chi connectivity index (χ1n) is 7.64. The number of nitrogens with one attached hydrogen (secondary N) is 1. The Hall–Kier alpha value is -2.65. The number of rotatable bonds is 4. The molecule has 0 saturated heterocycles. The number of allylic oxidation sites excluding steroid dienone is 1. The number of aryl methyl sites for hydroxylation is 2. The molecule has 1 N–H and O–H groups in total. The van der Waals surface area contributed by atoms with Crippen LogP contribution in [0.25, 0.3) is 17.3 Å². The molecule has 3 aromatic rings. The van der Waals surface area contributed by atoms with Crippen LogP contribution < -0.4 is 0 Å². The second-order valence-electron chi connectivity index (χ2n) is 5.74. The number of hydrogen-bond donors (Lipinski definition) is 1. The van der Waals surface area contributed by atoms with Crippen molar-refractivity contribution in [1.29, 1.82) is 0 Å². The zero-order valence-electron chi connectivity index (χ0n) is 13.5. The van der Waals surface area contributed by atoms with Gasteiger partial charge in [0.05, 0.1) is 11.4 Å². The predicted octanol–water partition coefficient (Wildman–Crippen LogP) is 5.24. The monoisotopic (exact) mass is 336 g/mol. The van der Waals surface area contributed by atoms with Gasteiger partial charge in [-0.25, -0.2) is 0 Å². The van der Waals surface area contributed by atoms with Gasteiger partial charge in [0.2, 0.25) is 0 Å². The van der Waals surface area contributed by atoms with Gasteiger partial charge in [-0.1, -0.05) is 53.6 Å². The highest BCUT2D eigenvalue weighted by Gasteiger charge is 2.05. The van der Waals surface area contributed by atoms with E-state index in [0.29, 0.717) is 10.6 Å². The lowest BCUT2D eigenvalue weighted by Crippen LogP contribution is -1.93. The van der Waals surface area contributed by atoms with E-state index >= 15 is 0 Å². The van der Waals surface area contributed by atoms with Gasteiger partial charge in [0, 0.05) is 16.1 Å². The van der Waals surface area contributed by atoms with Gasteiger partial charge in [-0.3, -0.25) is 9.89 Å². The van der Waals surface area contributed by atoms with Crippen LogP contribution in [0.15, 0.2) is 54.6 Å². The van der Waals surface area contributed by atoms with Crippen LogP contribution in [0.1, 0.15) is 27.2 Å². The summed E-state index contributed by atoms with van der Waals surface area (Å²) in [5.41, 5.74) is 5.32. The van der Waals surface area contributed by atoms with Crippen molar-refractivity contribution in [1.82, 2.24) is 10.2 Å². The average molecular weight is 337 g/mol. The summed E-state index contributed by atoms with van der Waals surface area (Å²) in [4.78, 5) is 12.1. The van der Waals surface area contributed by atoms with Crippen molar-refractivity contribution in [2.45, 2.75) is 13.8 Å². The van der Waals surface area contributed by atoms with Gasteiger partial charge in [-0.2, -0.15) is 5.10 Å². The van der Waals surface area contributed by atoms with E-state index in [1.165, 1.54) is 0 Å². The largest absolute Gasteiger partial charge is 0.289 e. The summed E-state index contributed by atoms with van der Waals surface area (Å²) in [5.74, 6) is -0.0375. The molecule has 0 fully saturated rings. The van der Waals surface area contributed by atoms with Crippen molar-refractivity contribution in [2.75, 3.05) is 0 Å². The summed E-state index contributed by atoms with van der Waals surface area (Å²) >= 11 is 6.16. The smallest absolute Gasteiger partial charge is 0.185 e. The maximum absolute atomic E-state index is 12.1. The first-order valence-corrected chi connectivity index (χ1v) is 8.02. The van der Waals surface area contributed by atoms with Crippen molar-refractivity contribution >= 4 is 23.5 Å². The molecule has 1 aromatic heterocycles. The van der Waals surface area contributed by atoms with E-state index < -0.39 is 0 Å². The predicted molar refractivity (Wildman–Crippen MR) is 98.3 cm³/mol. The quantitative estimate of drug-likeness (QED) is 0.523. The standard InChI is InChI=1S/C20H17ClN2O/c1-13-3-6-15(7-4-13)20(24)10-9-17-12-19(23-22-17)16-8-5-14(2)18(21)11-16/h3-12H,1-2H3,(H,22,23)/b10-9+. The third-order valence-corrected chi connectivity index (χ3v) is 4.22. The van der Waals surface area contributed by atoms with Crippen LogP contribution in [0.4, 0.5) is 0 Å². The van der Waals surface area contributed by atoms with Crippen molar-refractivity contribution < 1.29 is 4.79 Å². The zero-order valence-corrected chi connectivity index (χ0v) is 14.3. The van der Waals surface area contributed by atoms with E-state index in [0.717, 1.165) is 28.1 Å². The summed E-state index contributed by atoms with van der Waals surface area (Å²) in [6.07, 6.45) is 3.28. The molecule has 2 aromatic carbocycles. The number of halogens is 1. The average Bonchev–Trinajstić information content (AvgIpc) is 3.05. The Bertz CT molecular complexity index is 908. The lowest BCUT2D eigenvalue weighted by Gasteiger charge is -2.00. The summed E-state index contributed by atoms with van der Waals surface area (Å²) in [6.45, 7) is 3.95. The van der Waals surface area contributed by atoms with Gasteiger partial charge < -0.3 is 0 Å². The molecule has 24 heavy (non-hydrogen) atoms. The minimum Gasteiger partial charge on any atom is -0.289 e. The second-order valence-corrected chi connectivity index (χ2v) is 6.14. The van der Waals surface area contributed by atoms with Crippen LogP contribution in [0.3, 0.4) is 0 Å². The normalized spacial score (nSPS) is 11.1. The van der Waals surface area contributed by atoms with Gasteiger partial charge in [0.1, 0.15) is 0 Å². The highest BCUT2D eigenvalue weighted by molar-refractivity contribution is 6.31. The Morgan fingerprint density at radius 3 is 2.54 bits per heavy atom. The number of H-pyrrole nitrogens is 1. The minimum atomic E-state index is -0.0375. The SMILES string of the molecule is Cc1ccc(C(=O)/C=C/c2cc(-c3ccc(C)c(Cl)c3)n[nH]2)cc1. The fourth-order valence-corrected chi connectivity index (χ4v) is 2.48. The van der Waals surface area contributed by atoms with Gasteiger partial charge in [0.15, 0.2) is 5.78 Å². The first kappa shape index (κ1) is 16.2. The first-order chi connectivity index (χ1) is 11.5. The van der Waals surface area contributed by atoms with E-state index in [2.05, 4.69) is 10.2 Å². The lowest BCUT2D eigenvalue weighted by molar-refractivity contribution is 0.104. The van der Waals surface area contributed by atoms with Crippen LogP contribution >= 0.6 is 11.6 Å². The molecule has 0 atom stereocenters. The van der Waals surface area contributed by atoms with Crippen LogP contribution in [0, 0.1) is 13.8 Å². The fourth-order valence-electron chi connectivity index (χ4n) is 2.30. The second kappa shape index (κ2) is 6.85. The molecule has 0 bridgehead atoms. The van der Waals surface area contributed by atoms with E-state index in [1.54, 1.807) is 12.2 Å². The number of carbonyl (C=O) groups is 1. The van der Waals surface area contributed by atoms with Crippen molar-refractivity contribution in [3.05, 3.63) is 82.0 Å². The van der Waals surface area contributed by atoms with Crippen molar-refractivity contribution in [2.24, 2.45) is 0 Å². The molecule has 0 saturated carbocycles. The third kappa shape index (κ3) is 3.63. The van der Waals surface area contributed by atoms with Crippen molar-refractivity contribution in [3.63, 3.8) is 0 Å². The molecule has 0 spiro atoms. The Kier molecular flexibility index (Phi) is 4.63. The molecule has 0 aliphatic heterocycles. The van der Waals surface area contributed by atoms with E-state index in [1.807, 2.05) is 62.4 Å². The van der Waals surface area contributed by atoms with E-state index in [4.69, 9.17) is 11.6 Å². The number of ketones is 1. The number of aromatic amines is 1. The summed E-state index contributed by atoms with van der Waals surface area (Å²) in [6, 6.07) is 15.2. The Labute approximate surface area is 146 Å². The number of aromatic nitrogens is 2. The Morgan fingerprint density at radius 1 is 1.08 bits per heavy atom. The molecule has 0 amide bonds. The molecule has 1 heterocycles. The zero-order chi connectivity index (χ0) is 17.1. The van der Waals surface area contributed by atoms with E-state index in [-0.39, 0.29) is 5.78 Å². The Balaban J connectivity index is 1.77. The lowest BCUT2D eigenvalue weighted by atomic mass is 10.1. The third-order valence-electron chi connectivity index (χ3n) is 3.82. The molecule has 3 rings (SSSR count). The molecule has 0 unspecified atom stereocenters. The van der Waals surface area contributed by atoms with Gasteiger partial charge in [-0.15, -0.1) is 0 Å². The molecule has 0 aliphatic carbocycles. The molecule has 3 nitrogen and oxygen atoms in total. The molecular weight excluding hydrogens is 320 g/mol. The van der Waals surface area contributed by atoms with Gasteiger partial charge >= 0.3 is 0 Å². The summed E-state index contributed by atoms with van der Waals surface area (Å²) in [7, 11) is 0. The van der Waals surface area contributed by atoms with E-state index in [9.17, 15) is 4.79 Å². The number of benzene rings is 2. The van der Waals surface area contributed by atoms with Crippen LogP contribution in [0.5, 0.6) is 0 Å². The maximum Gasteiger partial charge on any atom is 0.185 e. The van der Waals surface area contributed by atoms with Crippen molar-refractivity contribution in [3.8, 4) is 11.3 Å². The van der Waals surface area contributed by atoms with Crippen LogP contribution in [-0.2, 0) is 0 Å². The summed E-state index contributed by atoms with van der Waals surface area (Å²) < 4.78 is 0. The topological polar surface area (TPSA) is 45.8 Å². The van der Waals surface area contributed by atoms with Crippen LogP contribution in [-0.4, -0.2) is 16.0 Å². The Morgan fingerprint density at radius 2 is 1.83 bits per heavy atom. The van der Waals surface area contributed by atoms with Gasteiger partial charge in [0.25, 0.3) is 0 Å². The molecule has 120 valence electrons. The van der Waals surface area contributed by atoms with Gasteiger partial charge in [-0.05, 0) is 43.7 Å². The summed E-state index contributed by atoms with van der Waals surface area (Å²) in [5, 5.41) is 7.91.